The molecule has 0 radical (unpaired) electrons. The molecule has 2 aromatic rings. The number of pyridine rings is 1. The van der Waals surface area contributed by atoms with Crippen LogP contribution < -0.4 is 5.73 Å². The average Bonchev–Trinajstić information content (AvgIpc) is 2.34. The summed E-state index contributed by atoms with van der Waals surface area (Å²) in [6.45, 7) is 1.94. The van der Waals surface area contributed by atoms with E-state index in [-0.39, 0.29) is 11.9 Å². The van der Waals surface area contributed by atoms with Gasteiger partial charge in [0.1, 0.15) is 5.82 Å². The van der Waals surface area contributed by atoms with E-state index in [1.165, 1.54) is 6.07 Å². The Morgan fingerprint density at radius 1 is 1.39 bits per heavy atom. The zero-order chi connectivity index (χ0) is 13.1. The number of hydrogen-bond acceptors (Lipinski definition) is 2. The second-order valence-electron chi connectivity index (χ2n) is 4.24. The normalized spacial score (nSPS) is 12.4. The molecule has 1 atom stereocenters. The third-order valence-corrected chi connectivity index (χ3v) is 3.30. The van der Waals surface area contributed by atoms with E-state index in [0.717, 1.165) is 11.1 Å². The first-order chi connectivity index (χ1) is 8.59. The molecule has 1 aromatic carbocycles. The minimum absolute atomic E-state index is 0.289. The molecule has 1 heterocycles. The largest absolute Gasteiger partial charge is 0.324 e. The summed E-state index contributed by atoms with van der Waals surface area (Å²) < 4.78 is 13.7. The Morgan fingerprint density at radius 2 is 2.17 bits per heavy atom. The van der Waals surface area contributed by atoms with E-state index in [1.54, 1.807) is 24.5 Å². The van der Waals surface area contributed by atoms with E-state index in [0.29, 0.717) is 17.0 Å². The molecule has 4 heteroatoms. The fourth-order valence-corrected chi connectivity index (χ4v) is 2.20. The van der Waals surface area contributed by atoms with Gasteiger partial charge in [0.25, 0.3) is 0 Å². The van der Waals surface area contributed by atoms with Crippen LogP contribution in [0.1, 0.15) is 22.7 Å². The van der Waals surface area contributed by atoms with Gasteiger partial charge in [0.2, 0.25) is 0 Å². The van der Waals surface area contributed by atoms with Crippen LogP contribution in [0.25, 0.3) is 0 Å². The number of benzene rings is 1. The van der Waals surface area contributed by atoms with E-state index < -0.39 is 0 Å². The molecule has 1 aromatic heterocycles. The van der Waals surface area contributed by atoms with Gasteiger partial charge in [0.05, 0.1) is 0 Å². The van der Waals surface area contributed by atoms with E-state index in [1.807, 2.05) is 13.0 Å². The SMILES string of the molecule is Cc1cnccc1C(N)Cc1c(F)cccc1Cl. The fourth-order valence-electron chi connectivity index (χ4n) is 1.96. The van der Waals surface area contributed by atoms with E-state index in [2.05, 4.69) is 4.98 Å². The molecule has 0 aliphatic rings. The lowest BCUT2D eigenvalue weighted by atomic mass is 9.97. The van der Waals surface area contributed by atoms with Gasteiger partial charge in [-0.05, 0) is 42.7 Å². The van der Waals surface area contributed by atoms with Crippen molar-refractivity contribution in [3.63, 3.8) is 0 Å². The number of aromatic nitrogens is 1. The van der Waals surface area contributed by atoms with Gasteiger partial charge in [0, 0.05) is 29.0 Å². The highest BCUT2D eigenvalue weighted by Gasteiger charge is 2.14. The predicted octanol–water partition coefficient (Wildman–Crippen LogP) is 3.43. The van der Waals surface area contributed by atoms with Crippen LogP contribution in [-0.4, -0.2) is 4.98 Å². The van der Waals surface area contributed by atoms with E-state index >= 15 is 0 Å². The van der Waals surface area contributed by atoms with Crippen LogP contribution in [0, 0.1) is 12.7 Å². The summed E-state index contributed by atoms with van der Waals surface area (Å²) in [7, 11) is 0. The molecular weight excluding hydrogens is 251 g/mol. The van der Waals surface area contributed by atoms with Gasteiger partial charge in [-0.15, -0.1) is 0 Å². The van der Waals surface area contributed by atoms with Crippen molar-refractivity contribution >= 4 is 11.6 Å². The Bertz CT molecular complexity index is 537. The minimum atomic E-state index is -0.315. The van der Waals surface area contributed by atoms with Gasteiger partial charge in [-0.2, -0.15) is 0 Å². The summed E-state index contributed by atoms with van der Waals surface area (Å²) in [4.78, 5) is 4.01. The smallest absolute Gasteiger partial charge is 0.127 e. The second-order valence-corrected chi connectivity index (χ2v) is 4.65. The van der Waals surface area contributed by atoms with Gasteiger partial charge in [-0.1, -0.05) is 17.7 Å². The van der Waals surface area contributed by atoms with Crippen LogP contribution in [0.2, 0.25) is 5.02 Å². The summed E-state index contributed by atoms with van der Waals surface area (Å²) >= 11 is 5.99. The molecule has 0 fully saturated rings. The van der Waals surface area contributed by atoms with Crippen molar-refractivity contribution in [3.8, 4) is 0 Å². The molecule has 0 aliphatic carbocycles. The average molecular weight is 265 g/mol. The Labute approximate surface area is 111 Å². The number of hydrogen-bond donors (Lipinski definition) is 1. The van der Waals surface area contributed by atoms with Crippen molar-refractivity contribution in [2.75, 3.05) is 0 Å². The van der Waals surface area contributed by atoms with E-state index in [4.69, 9.17) is 17.3 Å². The number of nitrogens with two attached hydrogens (primary N) is 1. The van der Waals surface area contributed by atoms with Gasteiger partial charge in [0.15, 0.2) is 0 Å². The first kappa shape index (κ1) is 13.0. The molecular formula is C14H14ClFN2. The molecule has 1 unspecified atom stereocenters. The first-order valence-corrected chi connectivity index (χ1v) is 6.06. The number of aryl methyl sites for hydroxylation is 1. The second kappa shape index (κ2) is 5.46. The van der Waals surface area contributed by atoms with Gasteiger partial charge in [-0.3, -0.25) is 4.98 Å². The van der Waals surface area contributed by atoms with Crippen molar-refractivity contribution in [2.45, 2.75) is 19.4 Å². The highest BCUT2D eigenvalue weighted by molar-refractivity contribution is 6.31. The van der Waals surface area contributed by atoms with Crippen LogP contribution in [0.4, 0.5) is 4.39 Å². The number of halogens is 2. The zero-order valence-electron chi connectivity index (χ0n) is 10.0. The van der Waals surface area contributed by atoms with Crippen molar-refractivity contribution in [2.24, 2.45) is 5.73 Å². The van der Waals surface area contributed by atoms with Crippen molar-refractivity contribution in [1.82, 2.24) is 4.98 Å². The van der Waals surface area contributed by atoms with Gasteiger partial charge < -0.3 is 5.73 Å². The highest BCUT2D eigenvalue weighted by Crippen LogP contribution is 2.25. The third-order valence-electron chi connectivity index (χ3n) is 2.95. The summed E-state index contributed by atoms with van der Waals surface area (Å²) in [6.07, 6.45) is 3.81. The molecule has 0 aliphatic heterocycles. The minimum Gasteiger partial charge on any atom is -0.324 e. The molecule has 18 heavy (non-hydrogen) atoms. The Morgan fingerprint density at radius 3 is 2.83 bits per heavy atom. The molecule has 0 spiro atoms. The molecule has 0 saturated heterocycles. The maximum absolute atomic E-state index is 13.7. The molecule has 0 amide bonds. The lowest BCUT2D eigenvalue weighted by Crippen LogP contribution is -2.15. The Kier molecular flexibility index (Phi) is 3.94. The zero-order valence-corrected chi connectivity index (χ0v) is 10.8. The monoisotopic (exact) mass is 264 g/mol. The predicted molar refractivity (Wildman–Crippen MR) is 71.0 cm³/mol. The van der Waals surface area contributed by atoms with E-state index in [9.17, 15) is 4.39 Å². The van der Waals surface area contributed by atoms with Crippen LogP contribution in [0.15, 0.2) is 36.7 Å². The molecule has 2 nitrogen and oxygen atoms in total. The lowest BCUT2D eigenvalue weighted by molar-refractivity contribution is 0.592. The van der Waals surface area contributed by atoms with Crippen molar-refractivity contribution in [3.05, 3.63) is 64.2 Å². The summed E-state index contributed by atoms with van der Waals surface area (Å²) in [6, 6.07) is 6.22. The fraction of sp³-hybridized carbons (Fsp3) is 0.214. The summed E-state index contributed by atoms with van der Waals surface area (Å²) in [5, 5.41) is 0.414. The molecule has 2 rings (SSSR count). The van der Waals surface area contributed by atoms with Gasteiger partial charge >= 0.3 is 0 Å². The summed E-state index contributed by atoms with van der Waals surface area (Å²) in [5.41, 5.74) is 8.53. The maximum atomic E-state index is 13.7. The number of rotatable bonds is 3. The van der Waals surface area contributed by atoms with Crippen LogP contribution >= 0.6 is 11.6 Å². The maximum Gasteiger partial charge on any atom is 0.127 e. The standard InChI is InChI=1S/C14H14ClFN2/c1-9-8-18-6-5-10(9)14(17)7-11-12(15)3-2-4-13(11)16/h2-6,8,14H,7,17H2,1H3. The van der Waals surface area contributed by atoms with Crippen molar-refractivity contribution in [1.29, 1.82) is 0 Å². The summed E-state index contributed by atoms with van der Waals surface area (Å²) in [5.74, 6) is -0.315. The molecule has 0 bridgehead atoms. The number of nitrogens with zero attached hydrogens (tertiary/aromatic N) is 1. The van der Waals surface area contributed by atoms with Crippen LogP contribution in [0.3, 0.4) is 0 Å². The lowest BCUT2D eigenvalue weighted by Gasteiger charge is -2.15. The van der Waals surface area contributed by atoms with Gasteiger partial charge in [-0.25, -0.2) is 4.39 Å². The van der Waals surface area contributed by atoms with Crippen molar-refractivity contribution < 1.29 is 4.39 Å². The Balaban J connectivity index is 2.27. The molecule has 94 valence electrons. The molecule has 2 N–H and O–H groups in total. The topological polar surface area (TPSA) is 38.9 Å². The third kappa shape index (κ3) is 2.68. The molecule has 0 saturated carbocycles. The van der Waals surface area contributed by atoms with Crippen LogP contribution in [-0.2, 0) is 6.42 Å². The highest BCUT2D eigenvalue weighted by atomic mass is 35.5. The quantitative estimate of drug-likeness (QED) is 0.923. The Hall–Kier alpha value is -1.45. The first-order valence-electron chi connectivity index (χ1n) is 5.68. The van der Waals surface area contributed by atoms with Crippen LogP contribution in [0.5, 0.6) is 0 Å².